The molecule has 88 valence electrons. The molecular formula is C13H15N3O. The molecule has 0 bridgehead atoms. The fraction of sp³-hybridized carbons (Fsp3) is 0.231. The second-order valence-corrected chi connectivity index (χ2v) is 4.22. The van der Waals surface area contributed by atoms with E-state index in [-0.39, 0.29) is 5.56 Å². The molecule has 4 nitrogen and oxygen atoms in total. The first-order valence-corrected chi connectivity index (χ1v) is 5.42. The molecule has 1 aromatic carbocycles. The van der Waals surface area contributed by atoms with Crippen LogP contribution in [0.1, 0.15) is 6.92 Å². The van der Waals surface area contributed by atoms with Gasteiger partial charge in [0.25, 0.3) is 5.56 Å². The van der Waals surface area contributed by atoms with Crippen molar-refractivity contribution >= 4 is 16.9 Å². The number of rotatable bonds is 3. The van der Waals surface area contributed by atoms with Gasteiger partial charge in [-0.1, -0.05) is 24.3 Å². The fourth-order valence-electron chi connectivity index (χ4n) is 1.73. The van der Waals surface area contributed by atoms with Gasteiger partial charge < -0.3 is 4.90 Å². The number of likely N-dealkylation sites (N-methyl/N-ethyl adjacent to an activating group) is 1. The molecule has 0 radical (unpaired) electrons. The lowest BCUT2D eigenvalue weighted by Crippen LogP contribution is -2.24. The van der Waals surface area contributed by atoms with Gasteiger partial charge in [0.05, 0.1) is 10.9 Å². The Morgan fingerprint density at radius 1 is 1.47 bits per heavy atom. The van der Waals surface area contributed by atoms with E-state index >= 15 is 0 Å². The summed E-state index contributed by atoms with van der Waals surface area (Å²) in [5.41, 5.74) is 1.61. The molecule has 17 heavy (non-hydrogen) atoms. The molecule has 0 amide bonds. The van der Waals surface area contributed by atoms with Crippen molar-refractivity contribution in [2.75, 3.05) is 18.5 Å². The Balaban J connectivity index is 2.50. The molecule has 0 unspecified atom stereocenters. The van der Waals surface area contributed by atoms with Gasteiger partial charge in [0, 0.05) is 13.6 Å². The largest absolute Gasteiger partial charge is 0.341 e. The smallest absolute Gasteiger partial charge is 0.260 e. The summed E-state index contributed by atoms with van der Waals surface area (Å²) in [7, 11) is 1.88. The summed E-state index contributed by atoms with van der Waals surface area (Å²) in [5.74, 6) is 0.566. The molecule has 0 aliphatic rings. The number of aromatic amines is 1. The van der Waals surface area contributed by atoms with Crippen molar-refractivity contribution in [3.8, 4) is 0 Å². The zero-order chi connectivity index (χ0) is 12.4. The molecule has 0 spiro atoms. The van der Waals surface area contributed by atoms with Crippen LogP contribution < -0.4 is 10.5 Å². The Morgan fingerprint density at radius 3 is 2.88 bits per heavy atom. The molecule has 0 saturated carbocycles. The zero-order valence-electron chi connectivity index (χ0n) is 10.0. The molecule has 0 saturated heterocycles. The monoisotopic (exact) mass is 229 g/mol. The van der Waals surface area contributed by atoms with E-state index in [0.717, 1.165) is 5.57 Å². The summed E-state index contributed by atoms with van der Waals surface area (Å²) in [6.45, 7) is 6.45. The summed E-state index contributed by atoms with van der Waals surface area (Å²) in [5, 5.41) is 0.611. The van der Waals surface area contributed by atoms with Gasteiger partial charge in [-0.2, -0.15) is 0 Å². The van der Waals surface area contributed by atoms with Crippen molar-refractivity contribution < 1.29 is 0 Å². The summed E-state index contributed by atoms with van der Waals surface area (Å²) in [6, 6.07) is 7.31. The van der Waals surface area contributed by atoms with Crippen LogP contribution in [0.5, 0.6) is 0 Å². The first-order chi connectivity index (χ1) is 8.08. The summed E-state index contributed by atoms with van der Waals surface area (Å²) in [6.07, 6.45) is 0. The summed E-state index contributed by atoms with van der Waals surface area (Å²) < 4.78 is 0. The Morgan fingerprint density at radius 2 is 2.18 bits per heavy atom. The van der Waals surface area contributed by atoms with E-state index in [9.17, 15) is 4.79 Å². The number of nitrogens with one attached hydrogen (secondary N) is 1. The number of hydrogen-bond acceptors (Lipinski definition) is 3. The van der Waals surface area contributed by atoms with Gasteiger partial charge in [-0.3, -0.25) is 9.78 Å². The summed E-state index contributed by atoms with van der Waals surface area (Å²) in [4.78, 5) is 20.9. The van der Waals surface area contributed by atoms with Gasteiger partial charge in [0.2, 0.25) is 5.95 Å². The first kappa shape index (κ1) is 11.4. The topological polar surface area (TPSA) is 49.0 Å². The molecule has 0 atom stereocenters. The van der Waals surface area contributed by atoms with E-state index in [2.05, 4.69) is 16.5 Å². The Hall–Kier alpha value is -2.10. The van der Waals surface area contributed by atoms with Crippen molar-refractivity contribution in [3.05, 3.63) is 46.8 Å². The standard InChI is InChI=1S/C13H15N3O/c1-9(2)8-16(3)13-14-11-7-5-4-6-10(11)12(17)15-13/h4-7H,1,8H2,2-3H3,(H,14,15,17). The lowest BCUT2D eigenvalue weighted by atomic mass is 10.2. The highest BCUT2D eigenvalue weighted by Gasteiger charge is 2.06. The molecule has 2 rings (SSSR count). The number of H-pyrrole nitrogens is 1. The number of anilines is 1. The Labute approximate surface area is 99.6 Å². The number of aromatic nitrogens is 2. The first-order valence-electron chi connectivity index (χ1n) is 5.42. The van der Waals surface area contributed by atoms with E-state index in [0.29, 0.717) is 23.4 Å². The number of nitrogens with zero attached hydrogens (tertiary/aromatic N) is 2. The maximum Gasteiger partial charge on any atom is 0.260 e. The molecule has 0 aliphatic heterocycles. The molecule has 1 N–H and O–H groups in total. The minimum absolute atomic E-state index is 0.112. The van der Waals surface area contributed by atoms with Gasteiger partial charge in [0.15, 0.2) is 0 Å². The van der Waals surface area contributed by atoms with Crippen LogP contribution in [0, 0.1) is 0 Å². The van der Waals surface area contributed by atoms with Crippen molar-refractivity contribution in [1.82, 2.24) is 9.97 Å². The Kier molecular flexibility index (Phi) is 2.95. The van der Waals surface area contributed by atoms with Crippen molar-refractivity contribution in [2.45, 2.75) is 6.92 Å². The fourth-order valence-corrected chi connectivity index (χ4v) is 1.73. The molecular weight excluding hydrogens is 214 g/mol. The van der Waals surface area contributed by atoms with Gasteiger partial charge in [-0.25, -0.2) is 4.98 Å². The van der Waals surface area contributed by atoms with E-state index in [1.165, 1.54) is 0 Å². The Bertz CT molecular complexity index is 615. The van der Waals surface area contributed by atoms with E-state index in [1.807, 2.05) is 37.1 Å². The molecule has 0 aliphatic carbocycles. The number of benzene rings is 1. The van der Waals surface area contributed by atoms with E-state index < -0.39 is 0 Å². The maximum atomic E-state index is 11.8. The lowest BCUT2D eigenvalue weighted by molar-refractivity contribution is 0.917. The van der Waals surface area contributed by atoms with Gasteiger partial charge in [0.1, 0.15) is 0 Å². The second kappa shape index (κ2) is 4.41. The van der Waals surface area contributed by atoms with Crippen LogP contribution in [0.15, 0.2) is 41.2 Å². The molecule has 2 aromatic rings. The molecule has 1 heterocycles. The minimum Gasteiger partial charge on any atom is -0.341 e. The SMILES string of the molecule is C=C(C)CN(C)c1nc2ccccc2c(=O)[nH]1. The molecule has 0 fully saturated rings. The highest BCUT2D eigenvalue weighted by Crippen LogP contribution is 2.10. The van der Waals surface area contributed by atoms with Gasteiger partial charge in [-0.15, -0.1) is 0 Å². The normalized spacial score (nSPS) is 10.5. The van der Waals surface area contributed by atoms with Gasteiger partial charge in [-0.05, 0) is 19.1 Å². The van der Waals surface area contributed by atoms with Crippen LogP contribution in [-0.2, 0) is 0 Å². The maximum absolute atomic E-state index is 11.8. The average Bonchev–Trinajstić information content (AvgIpc) is 2.28. The van der Waals surface area contributed by atoms with Crippen LogP contribution in [0.4, 0.5) is 5.95 Å². The third-order valence-electron chi connectivity index (χ3n) is 2.47. The van der Waals surface area contributed by atoms with E-state index in [4.69, 9.17) is 0 Å². The zero-order valence-corrected chi connectivity index (χ0v) is 10.0. The van der Waals surface area contributed by atoms with Gasteiger partial charge >= 0.3 is 0 Å². The third-order valence-corrected chi connectivity index (χ3v) is 2.47. The highest BCUT2D eigenvalue weighted by molar-refractivity contribution is 5.78. The number of fused-ring (bicyclic) bond motifs is 1. The number of hydrogen-bond donors (Lipinski definition) is 1. The average molecular weight is 229 g/mol. The third kappa shape index (κ3) is 2.36. The van der Waals surface area contributed by atoms with Crippen LogP contribution in [0.3, 0.4) is 0 Å². The second-order valence-electron chi connectivity index (χ2n) is 4.22. The van der Waals surface area contributed by atoms with E-state index in [1.54, 1.807) is 6.07 Å². The quantitative estimate of drug-likeness (QED) is 0.818. The molecule has 4 heteroatoms. The minimum atomic E-state index is -0.112. The summed E-state index contributed by atoms with van der Waals surface area (Å²) >= 11 is 0. The van der Waals surface area contributed by atoms with Crippen molar-refractivity contribution in [2.24, 2.45) is 0 Å². The van der Waals surface area contributed by atoms with Crippen LogP contribution in [-0.4, -0.2) is 23.6 Å². The highest BCUT2D eigenvalue weighted by atomic mass is 16.1. The van der Waals surface area contributed by atoms with Crippen molar-refractivity contribution in [3.63, 3.8) is 0 Å². The van der Waals surface area contributed by atoms with Crippen LogP contribution >= 0.6 is 0 Å². The molecule has 1 aromatic heterocycles. The van der Waals surface area contributed by atoms with Crippen LogP contribution in [0.2, 0.25) is 0 Å². The predicted molar refractivity (Wildman–Crippen MR) is 70.4 cm³/mol. The van der Waals surface area contributed by atoms with Crippen molar-refractivity contribution in [1.29, 1.82) is 0 Å². The van der Waals surface area contributed by atoms with Crippen LogP contribution in [0.25, 0.3) is 10.9 Å². The lowest BCUT2D eigenvalue weighted by Gasteiger charge is -2.17. The number of para-hydroxylation sites is 1. The predicted octanol–water partition coefficient (Wildman–Crippen LogP) is 1.94.